The van der Waals surface area contributed by atoms with Crippen molar-refractivity contribution in [1.29, 1.82) is 0 Å². The number of allylic oxidation sites excluding steroid dienone is 2. The standard InChI is InChI=1S/C35H29F10NO3/c1-21(17-25(36)15-16-48-35(44,45)32(39)40)33(20-22-7-3-2-4-8-22,24-12-14-29(38)30(19-24)49-26-9-5-6-10-26)46-31(47)23-11-13-28(37)27(18-23)34(41,42)43/h2-4,7-8,11-19,26,32H,1,5-6,9-10,20H2,(H,46,47)/b16-15+,25-17+/t33-/m0/s1. The quantitative estimate of drug-likeness (QED) is 0.110. The van der Waals surface area contributed by atoms with E-state index in [0.717, 1.165) is 25.0 Å². The lowest BCUT2D eigenvalue weighted by Gasteiger charge is -2.37. The third-order valence-corrected chi connectivity index (χ3v) is 7.76. The second-order valence-electron chi connectivity index (χ2n) is 11.2. The Morgan fingerprint density at radius 3 is 2.22 bits per heavy atom. The van der Waals surface area contributed by atoms with Crippen molar-refractivity contribution in [2.24, 2.45) is 0 Å². The minimum Gasteiger partial charge on any atom is -0.487 e. The fraction of sp³-hybridized carbons (Fsp3) is 0.286. The maximum atomic E-state index is 15.2. The number of rotatable bonds is 13. The van der Waals surface area contributed by atoms with Crippen molar-refractivity contribution in [2.45, 2.75) is 62.5 Å². The first-order valence-electron chi connectivity index (χ1n) is 14.8. The maximum Gasteiger partial charge on any atom is 0.460 e. The molecule has 1 aliphatic rings. The number of halogens is 10. The molecule has 1 amide bonds. The molecule has 1 aliphatic carbocycles. The minimum atomic E-state index is -5.17. The van der Waals surface area contributed by atoms with Crippen LogP contribution in [0.5, 0.6) is 5.75 Å². The largest absolute Gasteiger partial charge is 0.487 e. The highest BCUT2D eigenvalue weighted by Gasteiger charge is 2.43. The summed E-state index contributed by atoms with van der Waals surface area (Å²) in [5.74, 6) is -5.29. The minimum absolute atomic E-state index is 0.00997. The third-order valence-electron chi connectivity index (χ3n) is 7.76. The van der Waals surface area contributed by atoms with E-state index < -0.39 is 58.7 Å². The molecular weight excluding hydrogens is 672 g/mol. The molecule has 1 saturated carbocycles. The van der Waals surface area contributed by atoms with Crippen LogP contribution in [0.3, 0.4) is 0 Å². The second-order valence-corrected chi connectivity index (χ2v) is 11.2. The first-order chi connectivity index (χ1) is 23.0. The molecule has 1 atom stereocenters. The average Bonchev–Trinajstić information content (AvgIpc) is 3.55. The number of carbonyl (C=O) groups is 1. The number of hydrogen-bond acceptors (Lipinski definition) is 3. The molecule has 262 valence electrons. The Kier molecular flexibility index (Phi) is 11.5. The van der Waals surface area contributed by atoms with Gasteiger partial charge in [-0.2, -0.15) is 30.7 Å². The Labute approximate surface area is 274 Å². The summed E-state index contributed by atoms with van der Waals surface area (Å²) in [6.07, 6.45) is -11.2. The molecule has 0 radical (unpaired) electrons. The molecule has 0 aromatic heterocycles. The van der Waals surface area contributed by atoms with Crippen molar-refractivity contribution in [1.82, 2.24) is 5.32 Å². The molecular formula is C35H29F10NO3. The van der Waals surface area contributed by atoms with E-state index in [0.29, 0.717) is 30.5 Å². The van der Waals surface area contributed by atoms with E-state index in [1.54, 1.807) is 30.3 Å². The molecule has 1 fully saturated rings. The zero-order chi connectivity index (χ0) is 36.0. The predicted molar refractivity (Wildman–Crippen MR) is 159 cm³/mol. The molecule has 3 aromatic rings. The van der Waals surface area contributed by atoms with Crippen LogP contribution in [0.15, 0.2) is 103 Å². The molecule has 0 heterocycles. The Bertz CT molecular complexity index is 1700. The van der Waals surface area contributed by atoms with E-state index in [9.17, 15) is 39.9 Å². The highest BCUT2D eigenvalue weighted by molar-refractivity contribution is 5.95. The number of nitrogens with one attached hydrogen (secondary N) is 1. The Morgan fingerprint density at radius 2 is 1.59 bits per heavy atom. The molecule has 0 aliphatic heterocycles. The summed E-state index contributed by atoms with van der Waals surface area (Å²) in [7, 11) is 0. The summed E-state index contributed by atoms with van der Waals surface area (Å²) in [6.45, 7) is 3.85. The van der Waals surface area contributed by atoms with Gasteiger partial charge in [0.15, 0.2) is 11.6 Å². The number of alkyl halides is 7. The van der Waals surface area contributed by atoms with E-state index in [1.807, 2.05) is 0 Å². The van der Waals surface area contributed by atoms with Crippen LogP contribution in [0, 0.1) is 11.6 Å². The van der Waals surface area contributed by atoms with Crippen molar-refractivity contribution < 1.29 is 58.2 Å². The summed E-state index contributed by atoms with van der Waals surface area (Å²) in [6, 6.07) is 13.0. The van der Waals surface area contributed by atoms with Gasteiger partial charge in [0.1, 0.15) is 11.6 Å². The van der Waals surface area contributed by atoms with Crippen LogP contribution in [-0.2, 0) is 22.9 Å². The van der Waals surface area contributed by atoms with Crippen molar-refractivity contribution in [3.8, 4) is 5.75 Å². The van der Waals surface area contributed by atoms with Gasteiger partial charge in [-0.3, -0.25) is 4.79 Å². The highest BCUT2D eigenvalue weighted by Crippen LogP contribution is 2.39. The van der Waals surface area contributed by atoms with Gasteiger partial charge in [-0.1, -0.05) is 43.0 Å². The number of amides is 1. The van der Waals surface area contributed by atoms with Gasteiger partial charge in [-0.05, 0) is 78.8 Å². The summed E-state index contributed by atoms with van der Waals surface area (Å²) >= 11 is 0. The van der Waals surface area contributed by atoms with Crippen molar-refractivity contribution in [2.75, 3.05) is 0 Å². The van der Waals surface area contributed by atoms with Crippen molar-refractivity contribution in [3.05, 3.63) is 137 Å². The van der Waals surface area contributed by atoms with Crippen LogP contribution in [0.2, 0.25) is 0 Å². The van der Waals surface area contributed by atoms with Gasteiger partial charge in [-0.25, -0.2) is 13.2 Å². The lowest BCUT2D eigenvalue weighted by Crippen LogP contribution is -2.49. The fourth-order valence-corrected chi connectivity index (χ4v) is 5.27. The molecule has 0 bridgehead atoms. The van der Waals surface area contributed by atoms with Gasteiger partial charge in [0.25, 0.3) is 5.91 Å². The van der Waals surface area contributed by atoms with Gasteiger partial charge >= 0.3 is 18.7 Å². The number of hydrogen-bond donors (Lipinski definition) is 1. The van der Waals surface area contributed by atoms with E-state index in [-0.39, 0.29) is 47.8 Å². The van der Waals surface area contributed by atoms with E-state index >= 15 is 8.78 Å². The van der Waals surface area contributed by atoms with Crippen LogP contribution >= 0.6 is 0 Å². The molecule has 4 rings (SSSR count). The fourth-order valence-electron chi connectivity index (χ4n) is 5.27. The SMILES string of the molecule is C=C(/C=C(F)\C=C\OC(F)(F)C(F)F)[C@](Cc1ccccc1)(NC(=O)c1ccc(F)c(C(F)(F)F)c1)c1ccc(F)c(OC2CCCC2)c1. The van der Waals surface area contributed by atoms with E-state index in [2.05, 4.69) is 16.6 Å². The smallest absolute Gasteiger partial charge is 0.460 e. The Hall–Kier alpha value is -4.75. The number of ether oxygens (including phenoxy) is 2. The third kappa shape index (κ3) is 9.24. The first kappa shape index (κ1) is 37.1. The lowest BCUT2D eigenvalue weighted by molar-refractivity contribution is -0.274. The highest BCUT2D eigenvalue weighted by atomic mass is 19.4. The monoisotopic (exact) mass is 701 g/mol. The number of carbonyl (C=O) groups excluding carboxylic acids is 1. The van der Waals surface area contributed by atoms with Crippen molar-refractivity contribution >= 4 is 5.91 Å². The Morgan fingerprint density at radius 1 is 0.939 bits per heavy atom. The second kappa shape index (κ2) is 15.2. The van der Waals surface area contributed by atoms with Gasteiger partial charge in [0, 0.05) is 18.1 Å². The molecule has 0 saturated heterocycles. The molecule has 49 heavy (non-hydrogen) atoms. The molecule has 1 N–H and O–H groups in total. The Balaban J connectivity index is 1.87. The van der Waals surface area contributed by atoms with Crippen LogP contribution in [-0.4, -0.2) is 24.5 Å². The molecule has 4 nitrogen and oxygen atoms in total. The average molecular weight is 702 g/mol. The summed E-state index contributed by atoms with van der Waals surface area (Å²) in [5, 5.41) is 2.56. The molecule has 0 spiro atoms. The van der Waals surface area contributed by atoms with Crippen molar-refractivity contribution in [3.63, 3.8) is 0 Å². The molecule has 3 aromatic carbocycles. The van der Waals surface area contributed by atoms with Crippen LogP contribution in [0.25, 0.3) is 0 Å². The maximum absolute atomic E-state index is 15.2. The normalized spacial score (nSPS) is 15.8. The zero-order valence-corrected chi connectivity index (χ0v) is 25.5. The van der Waals surface area contributed by atoms with Gasteiger partial charge in [0.05, 0.1) is 23.5 Å². The summed E-state index contributed by atoms with van der Waals surface area (Å²) < 4.78 is 146. The molecule has 14 heteroatoms. The van der Waals surface area contributed by atoms with Crippen LogP contribution < -0.4 is 10.1 Å². The van der Waals surface area contributed by atoms with E-state index in [4.69, 9.17) is 4.74 Å². The topological polar surface area (TPSA) is 47.6 Å². The summed E-state index contributed by atoms with van der Waals surface area (Å²) in [4.78, 5) is 13.7. The molecule has 0 unspecified atom stereocenters. The zero-order valence-electron chi connectivity index (χ0n) is 25.5. The van der Waals surface area contributed by atoms with Gasteiger partial charge in [0.2, 0.25) is 0 Å². The summed E-state index contributed by atoms with van der Waals surface area (Å²) in [5.41, 5.74) is -4.33. The van der Waals surface area contributed by atoms with Gasteiger partial charge < -0.3 is 14.8 Å². The van der Waals surface area contributed by atoms with Crippen LogP contribution in [0.4, 0.5) is 43.9 Å². The van der Waals surface area contributed by atoms with Crippen LogP contribution in [0.1, 0.15) is 52.7 Å². The van der Waals surface area contributed by atoms with E-state index in [1.165, 1.54) is 12.1 Å². The first-order valence-corrected chi connectivity index (χ1v) is 14.8. The lowest BCUT2D eigenvalue weighted by atomic mass is 9.77. The van der Waals surface area contributed by atoms with Gasteiger partial charge in [-0.15, -0.1) is 0 Å². The number of benzene rings is 3. The predicted octanol–water partition coefficient (Wildman–Crippen LogP) is 9.97.